The normalized spacial score (nSPS) is 14.5. The van der Waals surface area contributed by atoms with Crippen molar-refractivity contribution in [3.63, 3.8) is 0 Å². The van der Waals surface area contributed by atoms with Crippen molar-refractivity contribution in [3.8, 4) is 5.75 Å². The van der Waals surface area contributed by atoms with Crippen molar-refractivity contribution in [2.45, 2.75) is 45.6 Å². The van der Waals surface area contributed by atoms with Crippen molar-refractivity contribution in [2.24, 2.45) is 5.92 Å². The van der Waals surface area contributed by atoms with Crippen molar-refractivity contribution in [2.75, 3.05) is 6.61 Å². The fourth-order valence-corrected chi connectivity index (χ4v) is 3.19. The lowest BCUT2D eigenvalue weighted by Crippen LogP contribution is -2.27. The number of nitrogens with one attached hydrogen (secondary N) is 1. The Morgan fingerprint density at radius 1 is 1.24 bits per heavy atom. The van der Waals surface area contributed by atoms with Crippen molar-refractivity contribution >= 4 is 11.7 Å². The number of rotatable bonds is 9. The predicted molar refractivity (Wildman–Crippen MR) is 104 cm³/mol. The maximum absolute atomic E-state index is 12.6. The lowest BCUT2D eigenvalue weighted by Gasteiger charge is -2.18. The molecule has 0 aliphatic heterocycles. The second-order valence-corrected chi connectivity index (χ2v) is 7.37. The molecule has 1 aromatic heterocycles. The summed E-state index contributed by atoms with van der Waals surface area (Å²) in [6.07, 6.45) is 1.15. The number of hydrogen-bond donors (Lipinski definition) is 1. The zero-order chi connectivity index (χ0) is 21.0. The van der Waals surface area contributed by atoms with Gasteiger partial charge >= 0.3 is 0 Å². The van der Waals surface area contributed by atoms with Gasteiger partial charge in [-0.05, 0) is 62.1 Å². The van der Waals surface area contributed by atoms with Gasteiger partial charge in [0.15, 0.2) is 0 Å². The van der Waals surface area contributed by atoms with E-state index >= 15 is 0 Å². The molecule has 1 amide bonds. The van der Waals surface area contributed by atoms with E-state index in [2.05, 4.69) is 10.3 Å². The Labute approximate surface area is 168 Å². The Balaban J connectivity index is 1.63. The second-order valence-electron chi connectivity index (χ2n) is 7.37. The third-order valence-corrected chi connectivity index (χ3v) is 4.90. The standard InChI is InChI=1S/C22H24F2N2O3/c1-13-9-18(29-12-21(23)24)5-6-19(13)14(2)26-22(28)16-7-8-25-17(10-16)11-20(27)15-3-4-15/h5-10,14-15,21H,3-4,11-12H2,1-2H3,(H,26,28). The van der Waals surface area contributed by atoms with Gasteiger partial charge in [-0.15, -0.1) is 0 Å². The second kappa shape index (κ2) is 9.11. The van der Waals surface area contributed by atoms with Gasteiger partial charge in [-0.3, -0.25) is 14.6 Å². The molecule has 2 aromatic rings. The summed E-state index contributed by atoms with van der Waals surface area (Å²) in [7, 11) is 0. The first-order valence-electron chi connectivity index (χ1n) is 9.63. The van der Waals surface area contributed by atoms with Gasteiger partial charge in [-0.1, -0.05) is 6.07 Å². The lowest BCUT2D eigenvalue weighted by molar-refractivity contribution is -0.119. The van der Waals surface area contributed by atoms with Crippen molar-refractivity contribution in [1.82, 2.24) is 10.3 Å². The smallest absolute Gasteiger partial charge is 0.272 e. The highest BCUT2D eigenvalue weighted by atomic mass is 19.3. The molecule has 7 heteroatoms. The van der Waals surface area contributed by atoms with Gasteiger partial charge < -0.3 is 10.1 Å². The van der Waals surface area contributed by atoms with E-state index in [-0.39, 0.29) is 30.1 Å². The minimum atomic E-state index is -2.53. The third-order valence-electron chi connectivity index (χ3n) is 4.90. The minimum absolute atomic E-state index is 0.157. The van der Waals surface area contributed by atoms with E-state index in [1.165, 1.54) is 6.20 Å². The molecular formula is C22H24F2N2O3. The molecule has 29 heavy (non-hydrogen) atoms. The molecule has 154 valence electrons. The Morgan fingerprint density at radius 2 is 2.00 bits per heavy atom. The number of carbonyl (C=O) groups excluding carboxylic acids is 2. The van der Waals surface area contributed by atoms with Crippen molar-refractivity contribution in [3.05, 3.63) is 58.9 Å². The molecule has 1 atom stereocenters. The summed E-state index contributed by atoms with van der Waals surface area (Å²) in [5.41, 5.74) is 2.73. The van der Waals surface area contributed by atoms with Gasteiger partial charge in [0.2, 0.25) is 0 Å². The van der Waals surface area contributed by atoms with Crippen molar-refractivity contribution in [1.29, 1.82) is 0 Å². The zero-order valence-electron chi connectivity index (χ0n) is 16.5. The number of halogens is 2. The Morgan fingerprint density at radius 3 is 2.66 bits per heavy atom. The van der Waals surface area contributed by atoms with E-state index in [1.54, 1.807) is 30.3 Å². The van der Waals surface area contributed by atoms with E-state index in [9.17, 15) is 18.4 Å². The number of ketones is 1. The Kier molecular flexibility index (Phi) is 6.56. The van der Waals surface area contributed by atoms with Gasteiger partial charge in [-0.25, -0.2) is 8.78 Å². The third kappa shape index (κ3) is 5.82. The Bertz CT molecular complexity index is 897. The summed E-state index contributed by atoms with van der Waals surface area (Å²) in [5, 5.41) is 2.93. The van der Waals surface area contributed by atoms with Crippen LogP contribution in [0.1, 0.15) is 53.0 Å². The zero-order valence-corrected chi connectivity index (χ0v) is 16.5. The number of aromatic nitrogens is 1. The number of alkyl halides is 2. The summed E-state index contributed by atoms with van der Waals surface area (Å²) in [6.45, 7) is 3.03. The van der Waals surface area contributed by atoms with Gasteiger partial charge in [0.1, 0.15) is 18.1 Å². The number of hydrogen-bond acceptors (Lipinski definition) is 4. The molecule has 1 aliphatic carbocycles. The van der Waals surface area contributed by atoms with Crippen LogP contribution in [0.5, 0.6) is 5.75 Å². The first-order chi connectivity index (χ1) is 13.8. The van der Waals surface area contributed by atoms with Crippen LogP contribution >= 0.6 is 0 Å². The first-order valence-corrected chi connectivity index (χ1v) is 9.63. The number of carbonyl (C=O) groups is 2. The number of amides is 1. The summed E-state index contributed by atoms with van der Waals surface area (Å²) in [4.78, 5) is 28.8. The highest BCUT2D eigenvalue weighted by Gasteiger charge is 2.29. The van der Waals surface area contributed by atoms with E-state index in [1.807, 2.05) is 13.8 Å². The lowest BCUT2D eigenvalue weighted by atomic mass is 10.0. The van der Waals surface area contributed by atoms with E-state index in [0.29, 0.717) is 17.0 Å². The maximum Gasteiger partial charge on any atom is 0.272 e. The Hall–Kier alpha value is -2.83. The van der Waals surface area contributed by atoms with E-state index < -0.39 is 13.0 Å². The summed E-state index contributed by atoms with van der Waals surface area (Å²) < 4.78 is 29.6. The van der Waals surface area contributed by atoms with Gasteiger partial charge in [-0.2, -0.15) is 0 Å². The number of pyridine rings is 1. The topological polar surface area (TPSA) is 68.3 Å². The molecule has 1 aromatic carbocycles. The van der Waals surface area contributed by atoms with Crippen LogP contribution in [0.25, 0.3) is 0 Å². The largest absolute Gasteiger partial charge is 0.488 e. The van der Waals surface area contributed by atoms with E-state index in [0.717, 1.165) is 24.0 Å². The molecule has 0 saturated heterocycles. The van der Waals surface area contributed by atoms with Gasteiger partial charge in [0.05, 0.1) is 6.04 Å². The molecule has 1 N–H and O–H groups in total. The molecule has 1 saturated carbocycles. The molecule has 0 bridgehead atoms. The van der Waals surface area contributed by atoms with Crippen LogP contribution in [-0.4, -0.2) is 29.7 Å². The number of Topliss-reactive ketones (excluding diaryl/α,β-unsaturated/α-hetero) is 1. The molecule has 3 rings (SSSR count). The monoisotopic (exact) mass is 402 g/mol. The molecule has 1 unspecified atom stereocenters. The van der Waals surface area contributed by atoms with Crippen LogP contribution in [0.4, 0.5) is 8.78 Å². The van der Waals surface area contributed by atoms with Gasteiger partial charge in [0.25, 0.3) is 12.3 Å². The van der Waals surface area contributed by atoms with Gasteiger partial charge in [0, 0.05) is 29.8 Å². The molecule has 1 heterocycles. The van der Waals surface area contributed by atoms with Crippen LogP contribution in [0.2, 0.25) is 0 Å². The number of benzene rings is 1. The number of aryl methyl sites for hydroxylation is 1. The molecule has 5 nitrogen and oxygen atoms in total. The summed E-state index contributed by atoms with van der Waals surface area (Å²) in [5.74, 6) is 0.430. The van der Waals surface area contributed by atoms with Crippen LogP contribution in [0.15, 0.2) is 36.5 Å². The molecule has 1 aliphatic rings. The van der Waals surface area contributed by atoms with Crippen LogP contribution in [-0.2, 0) is 11.2 Å². The molecule has 1 fully saturated rings. The first kappa shape index (κ1) is 20.9. The highest BCUT2D eigenvalue weighted by molar-refractivity contribution is 5.94. The summed E-state index contributed by atoms with van der Waals surface area (Å²) in [6, 6.07) is 8.01. The fourth-order valence-electron chi connectivity index (χ4n) is 3.19. The van der Waals surface area contributed by atoms with Crippen LogP contribution in [0, 0.1) is 12.8 Å². The quantitative estimate of drug-likeness (QED) is 0.687. The van der Waals surface area contributed by atoms with Crippen LogP contribution < -0.4 is 10.1 Å². The van der Waals surface area contributed by atoms with E-state index in [4.69, 9.17) is 4.74 Å². The minimum Gasteiger partial charge on any atom is -0.488 e. The SMILES string of the molecule is Cc1cc(OCC(F)F)ccc1C(C)NC(=O)c1ccnc(CC(=O)C2CC2)c1. The molecular weight excluding hydrogens is 378 g/mol. The number of ether oxygens (including phenoxy) is 1. The predicted octanol–water partition coefficient (Wildman–Crippen LogP) is 4.05. The number of nitrogens with zero attached hydrogens (tertiary/aromatic N) is 1. The van der Waals surface area contributed by atoms with Crippen molar-refractivity contribution < 1.29 is 23.1 Å². The molecule has 0 radical (unpaired) electrons. The fraction of sp³-hybridized carbons (Fsp3) is 0.409. The average molecular weight is 402 g/mol. The van der Waals surface area contributed by atoms with Crippen LogP contribution in [0.3, 0.4) is 0 Å². The average Bonchev–Trinajstić information content (AvgIpc) is 3.52. The summed E-state index contributed by atoms with van der Waals surface area (Å²) >= 11 is 0. The molecule has 0 spiro atoms. The highest BCUT2D eigenvalue weighted by Crippen LogP contribution is 2.30. The maximum atomic E-state index is 12.6.